The lowest BCUT2D eigenvalue weighted by molar-refractivity contribution is -0.138. The fourth-order valence-corrected chi connectivity index (χ4v) is 9.37. The quantitative estimate of drug-likeness (QED) is 0.0855. The Bertz CT molecular complexity index is 2440. The molecular formula is C37H34F5N9O3S. The van der Waals surface area contributed by atoms with Crippen LogP contribution in [0.4, 0.5) is 38.6 Å². The standard InChI is InChI=1S/C37H34F5N9O3S/c1-17(20-6-4-10-46-32(20)44)51-12-13-53-30-26-29(47-35(48-34(26)51)54-18(2)36-9-5-11-50(36)16-19(14-36)49-52-3)28(39)25(27(30)37(40,41)42)21-7-8-23(38)31-24(21)22(15-43)33(45)55-31/h4,6-8,10,17,19,49H,2,5,9,11-14,16,45H2,1,3H3,(H2,44,46)/t17-,19?,36+/m1/s1. The summed E-state index contributed by atoms with van der Waals surface area (Å²) in [5.41, 5.74) is 11.4. The molecule has 0 aliphatic carbocycles. The molecule has 3 atom stereocenters. The highest BCUT2D eigenvalue weighted by atomic mass is 32.1. The second-order valence-corrected chi connectivity index (χ2v) is 14.8. The molecule has 0 amide bonds. The van der Waals surface area contributed by atoms with Crippen LogP contribution in [0.3, 0.4) is 0 Å². The number of hydrogen-bond donors (Lipinski definition) is 3. The molecule has 8 rings (SSSR count). The van der Waals surface area contributed by atoms with Crippen LogP contribution >= 0.6 is 11.3 Å². The Labute approximate surface area is 315 Å². The maximum atomic E-state index is 17.5. The zero-order chi connectivity index (χ0) is 39.0. The Morgan fingerprint density at radius 2 is 2.00 bits per heavy atom. The Kier molecular flexibility index (Phi) is 8.95. The Morgan fingerprint density at radius 3 is 2.73 bits per heavy atom. The minimum absolute atomic E-state index is 0.0204. The summed E-state index contributed by atoms with van der Waals surface area (Å²) in [4.78, 5) is 22.3. The number of nitrogens with two attached hydrogens (primary N) is 2. The first-order chi connectivity index (χ1) is 26.3. The molecule has 5 N–H and O–H groups in total. The lowest BCUT2D eigenvalue weighted by atomic mass is 9.91. The van der Waals surface area contributed by atoms with Crippen LogP contribution in [-0.4, -0.2) is 64.8 Å². The van der Waals surface area contributed by atoms with E-state index in [1.165, 1.54) is 13.3 Å². The number of nitrogens with zero attached hydrogens (tertiary/aromatic N) is 6. The third-order valence-electron chi connectivity index (χ3n) is 10.8. The van der Waals surface area contributed by atoms with E-state index in [9.17, 15) is 5.26 Å². The number of alkyl halides is 3. The summed E-state index contributed by atoms with van der Waals surface area (Å²) < 4.78 is 91.3. The number of pyridine rings is 1. The monoisotopic (exact) mass is 779 g/mol. The van der Waals surface area contributed by atoms with Gasteiger partial charge in [0, 0.05) is 35.3 Å². The topological polar surface area (TPSA) is 161 Å². The van der Waals surface area contributed by atoms with Crippen LogP contribution in [0.5, 0.6) is 11.8 Å². The number of hydrogen-bond acceptors (Lipinski definition) is 13. The van der Waals surface area contributed by atoms with Gasteiger partial charge in [0.15, 0.2) is 5.82 Å². The van der Waals surface area contributed by atoms with Crippen molar-refractivity contribution < 1.29 is 36.3 Å². The van der Waals surface area contributed by atoms with Gasteiger partial charge in [-0.15, -0.1) is 11.3 Å². The highest BCUT2D eigenvalue weighted by Gasteiger charge is 2.52. The number of benzene rings is 2. The average Bonchev–Trinajstić information content (AvgIpc) is 3.77. The number of fused-ring (bicyclic) bond motifs is 2. The van der Waals surface area contributed by atoms with E-state index in [0.29, 0.717) is 36.3 Å². The lowest BCUT2D eigenvalue weighted by Gasteiger charge is -2.33. The largest absolute Gasteiger partial charge is 0.490 e. The van der Waals surface area contributed by atoms with E-state index < -0.39 is 57.3 Å². The zero-order valence-electron chi connectivity index (χ0n) is 29.6. The van der Waals surface area contributed by atoms with Crippen molar-refractivity contribution in [3.63, 3.8) is 0 Å². The molecule has 0 spiro atoms. The van der Waals surface area contributed by atoms with Crippen molar-refractivity contribution in [1.82, 2.24) is 25.3 Å². The molecule has 286 valence electrons. The van der Waals surface area contributed by atoms with Crippen molar-refractivity contribution >= 4 is 49.0 Å². The molecule has 0 radical (unpaired) electrons. The summed E-state index contributed by atoms with van der Waals surface area (Å²) >= 11 is 0.674. The lowest BCUT2D eigenvalue weighted by Crippen LogP contribution is -2.41. The molecule has 2 aromatic carbocycles. The van der Waals surface area contributed by atoms with Crippen molar-refractivity contribution in [2.24, 2.45) is 0 Å². The van der Waals surface area contributed by atoms with Crippen LogP contribution in [0, 0.1) is 23.0 Å². The molecule has 0 bridgehead atoms. The van der Waals surface area contributed by atoms with Crippen molar-refractivity contribution in [3.8, 4) is 29.0 Å². The number of ether oxygens (including phenoxy) is 2. The number of rotatable bonds is 8. The van der Waals surface area contributed by atoms with Gasteiger partial charge < -0.3 is 30.7 Å². The van der Waals surface area contributed by atoms with Gasteiger partial charge in [-0.1, -0.05) is 18.7 Å². The smallest absolute Gasteiger partial charge is 0.420 e. The summed E-state index contributed by atoms with van der Waals surface area (Å²) in [7, 11) is 1.53. The van der Waals surface area contributed by atoms with Crippen LogP contribution in [-0.2, 0) is 11.0 Å². The van der Waals surface area contributed by atoms with Crippen molar-refractivity contribution in [2.45, 2.75) is 50.0 Å². The highest BCUT2D eigenvalue weighted by Crippen LogP contribution is 2.54. The molecule has 3 aliphatic rings. The van der Waals surface area contributed by atoms with Crippen molar-refractivity contribution in [2.75, 3.05) is 49.7 Å². The van der Waals surface area contributed by atoms with Gasteiger partial charge in [0.25, 0.3) is 0 Å². The first kappa shape index (κ1) is 36.6. The summed E-state index contributed by atoms with van der Waals surface area (Å²) in [5, 5.41) is 9.20. The SMILES string of the molecule is C=C(Oc1nc2c3c(c(C(F)(F)F)c(-c4ccc(F)c5sc(N)c(C#N)c45)c(F)c3n1)OCCN2[C@H](C)c1cccnc1N)[C@@]12CCCN1CC(NOC)C2. The van der Waals surface area contributed by atoms with Gasteiger partial charge in [-0.2, -0.15) is 33.9 Å². The Balaban J connectivity index is 1.41. The van der Waals surface area contributed by atoms with Gasteiger partial charge >= 0.3 is 12.2 Å². The fourth-order valence-electron chi connectivity index (χ4n) is 8.42. The number of halogens is 5. The van der Waals surface area contributed by atoms with E-state index in [1.807, 2.05) is 6.07 Å². The third kappa shape index (κ3) is 5.75. The molecule has 1 unspecified atom stereocenters. The van der Waals surface area contributed by atoms with Crippen LogP contribution in [0.25, 0.3) is 32.1 Å². The maximum Gasteiger partial charge on any atom is 0.420 e. The van der Waals surface area contributed by atoms with E-state index in [1.54, 1.807) is 24.0 Å². The number of nitrogens with one attached hydrogen (secondary N) is 1. The van der Waals surface area contributed by atoms with Gasteiger partial charge in [0.2, 0.25) is 0 Å². The van der Waals surface area contributed by atoms with Gasteiger partial charge in [0.05, 0.1) is 40.9 Å². The number of nitriles is 1. The molecule has 3 aromatic heterocycles. The van der Waals surface area contributed by atoms with E-state index in [2.05, 4.69) is 31.9 Å². The normalized spacial score (nSPS) is 20.3. The van der Waals surface area contributed by atoms with Crippen LogP contribution in [0.2, 0.25) is 0 Å². The molecule has 55 heavy (non-hydrogen) atoms. The molecule has 3 aliphatic heterocycles. The molecule has 5 aromatic rings. The van der Waals surface area contributed by atoms with E-state index in [-0.39, 0.29) is 68.6 Å². The predicted molar refractivity (Wildman–Crippen MR) is 196 cm³/mol. The molecular weight excluding hydrogens is 746 g/mol. The predicted octanol–water partition coefficient (Wildman–Crippen LogP) is 6.85. The molecule has 6 heterocycles. The first-order valence-corrected chi connectivity index (χ1v) is 18.2. The molecule has 18 heteroatoms. The Hall–Kier alpha value is -5.35. The van der Waals surface area contributed by atoms with Crippen molar-refractivity contribution in [1.29, 1.82) is 5.26 Å². The van der Waals surface area contributed by atoms with Crippen molar-refractivity contribution in [3.05, 3.63) is 71.1 Å². The average molecular weight is 780 g/mol. The maximum absolute atomic E-state index is 17.5. The van der Waals surface area contributed by atoms with E-state index in [0.717, 1.165) is 25.1 Å². The van der Waals surface area contributed by atoms with E-state index in [4.69, 9.17) is 25.8 Å². The number of aromatic nitrogens is 3. The second-order valence-electron chi connectivity index (χ2n) is 13.7. The van der Waals surface area contributed by atoms with Crippen LogP contribution in [0.15, 0.2) is 42.8 Å². The van der Waals surface area contributed by atoms with Gasteiger partial charge in [-0.25, -0.2) is 13.8 Å². The number of hydroxylamine groups is 1. The Morgan fingerprint density at radius 1 is 1.20 bits per heavy atom. The summed E-state index contributed by atoms with van der Waals surface area (Å²) in [6.45, 7) is 7.10. The van der Waals surface area contributed by atoms with Crippen LogP contribution < -0.4 is 31.3 Å². The summed E-state index contributed by atoms with van der Waals surface area (Å²) in [6.07, 6.45) is -1.61. The molecule has 12 nitrogen and oxygen atoms in total. The molecule has 2 saturated heterocycles. The van der Waals surface area contributed by atoms with Crippen LogP contribution in [0.1, 0.15) is 48.9 Å². The van der Waals surface area contributed by atoms with E-state index >= 15 is 22.0 Å². The summed E-state index contributed by atoms with van der Waals surface area (Å²) in [5.74, 6) is -2.65. The number of anilines is 3. The number of nitrogen functional groups attached to an aromatic ring is 2. The first-order valence-electron chi connectivity index (χ1n) is 17.3. The fraction of sp³-hybridized carbons (Fsp3) is 0.351. The molecule has 2 fully saturated rings. The van der Waals surface area contributed by atoms with Gasteiger partial charge in [0.1, 0.15) is 57.7 Å². The molecule has 0 saturated carbocycles. The minimum atomic E-state index is -5.23. The van der Waals surface area contributed by atoms with Gasteiger partial charge in [-0.05, 0) is 50.4 Å². The van der Waals surface area contributed by atoms with Gasteiger partial charge in [-0.3, -0.25) is 4.90 Å². The number of thiophene rings is 1. The minimum Gasteiger partial charge on any atom is -0.490 e. The summed E-state index contributed by atoms with van der Waals surface area (Å²) in [6, 6.07) is 6.06. The highest BCUT2D eigenvalue weighted by molar-refractivity contribution is 7.23. The zero-order valence-corrected chi connectivity index (χ0v) is 30.4. The second kappa shape index (κ2) is 13.4. The third-order valence-corrected chi connectivity index (χ3v) is 11.8.